The predicted octanol–water partition coefficient (Wildman–Crippen LogP) is 5.18. The van der Waals surface area contributed by atoms with Gasteiger partial charge in [-0.15, -0.1) is 0 Å². The highest BCUT2D eigenvalue weighted by Crippen LogP contribution is 2.26. The highest BCUT2D eigenvalue weighted by atomic mass is 28.5. The molecule has 0 rings (SSSR count). The molecule has 0 fully saturated rings. The number of hydrogen-bond acceptors (Lipinski definition) is 3. The van der Waals surface area contributed by atoms with E-state index >= 15 is 0 Å². The first-order valence-electron chi connectivity index (χ1n) is 7.90. The molecule has 0 atom stereocenters. The van der Waals surface area contributed by atoms with E-state index in [4.69, 9.17) is 12.3 Å². The van der Waals surface area contributed by atoms with E-state index in [9.17, 15) is 0 Å². The van der Waals surface area contributed by atoms with E-state index in [2.05, 4.69) is 72.3 Å². The van der Waals surface area contributed by atoms with Gasteiger partial charge in [-0.2, -0.15) is 0 Å². The smallest absolute Gasteiger partial charge is 0.360 e. The van der Waals surface area contributed by atoms with Crippen LogP contribution in [0.5, 0.6) is 0 Å². The van der Waals surface area contributed by atoms with E-state index in [1.54, 1.807) is 0 Å². The second kappa shape index (κ2) is 8.37. The molecule has 0 aromatic heterocycles. The third-order valence-corrected chi connectivity index (χ3v) is 15.8. The standard InChI is InChI=1S/C14H35O3Si4/c1-11-13-14(12-2)20(7,8)17-21(9,10)16-18(3)15-19(4,5)6/h12H,11,13H2,1-10H3. The Morgan fingerprint density at radius 1 is 1.00 bits per heavy atom. The van der Waals surface area contributed by atoms with E-state index in [1.807, 2.05) is 0 Å². The number of rotatable bonds is 9. The third kappa shape index (κ3) is 9.27. The van der Waals surface area contributed by atoms with Gasteiger partial charge in [-0.1, -0.05) is 24.6 Å². The molecule has 0 aromatic carbocycles. The average Bonchev–Trinajstić information content (AvgIpc) is 2.19. The minimum Gasteiger partial charge on any atom is -0.436 e. The minimum atomic E-state index is -2.15. The van der Waals surface area contributed by atoms with Crippen molar-refractivity contribution in [2.45, 2.75) is 79.1 Å². The Bertz CT molecular complexity index is 349. The Morgan fingerprint density at radius 3 is 1.90 bits per heavy atom. The van der Waals surface area contributed by atoms with Gasteiger partial charge in [0, 0.05) is 0 Å². The van der Waals surface area contributed by atoms with Crippen LogP contribution < -0.4 is 0 Å². The summed E-state index contributed by atoms with van der Waals surface area (Å²) in [5.41, 5.74) is 0. The Kier molecular flexibility index (Phi) is 8.56. The lowest BCUT2D eigenvalue weighted by Crippen LogP contribution is -2.51. The van der Waals surface area contributed by atoms with Crippen molar-refractivity contribution in [1.82, 2.24) is 0 Å². The number of allylic oxidation sites excluding steroid dienone is 2. The van der Waals surface area contributed by atoms with Gasteiger partial charge >= 0.3 is 17.8 Å². The molecule has 0 heterocycles. The highest BCUT2D eigenvalue weighted by molar-refractivity contribution is 6.88. The molecule has 0 saturated carbocycles. The SMILES string of the molecule is CC=C(CCC)[Si](C)(C)O[Si](C)(C)O[Si](C)O[Si](C)(C)C. The van der Waals surface area contributed by atoms with Crippen LogP contribution in [0.4, 0.5) is 0 Å². The molecule has 125 valence electrons. The lowest BCUT2D eigenvalue weighted by atomic mass is 10.3. The van der Waals surface area contributed by atoms with Crippen LogP contribution in [0.3, 0.4) is 0 Å². The summed E-state index contributed by atoms with van der Waals surface area (Å²) in [4.78, 5) is 0. The highest BCUT2D eigenvalue weighted by Gasteiger charge is 2.39. The summed E-state index contributed by atoms with van der Waals surface area (Å²) in [6, 6.07) is 0. The van der Waals surface area contributed by atoms with Gasteiger partial charge in [-0.3, -0.25) is 0 Å². The summed E-state index contributed by atoms with van der Waals surface area (Å²) >= 11 is 0. The zero-order chi connectivity index (χ0) is 16.9. The maximum atomic E-state index is 6.56. The van der Waals surface area contributed by atoms with E-state index in [0.717, 1.165) is 6.42 Å². The molecule has 1 radical (unpaired) electrons. The summed E-state index contributed by atoms with van der Waals surface area (Å²) in [6.07, 6.45) is 4.55. The van der Waals surface area contributed by atoms with Crippen LogP contribution in [-0.2, 0) is 12.3 Å². The lowest BCUT2D eigenvalue weighted by Gasteiger charge is -2.37. The van der Waals surface area contributed by atoms with E-state index in [1.165, 1.54) is 11.6 Å². The summed E-state index contributed by atoms with van der Waals surface area (Å²) in [7, 11) is -6.74. The molecule has 0 N–H and O–H groups in total. The van der Waals surface area contributed by atoms with Gasteiger partial charge in [0.2, 0.25) is 8.32 Å². The Hall–Kier alpha value is 0.488. The van der Waals surface area contributed by atoms with Crippen molar-refractivity contribution in [3.05, 3.63) is 11.3 Å². The molecule has 0 saturated heterocycles. The number of hydrogen-bond donors (Lipinski definition) is 0. The molecule has 0 aromatic rings. The van der Waals surface area contributed by atoms with Gasteiger partial charge in [-0.05, 0) is 65.7 Å². The van der Waals surface area contributed by atoms with E-state index < -0.39 is 34.5 Å². The second-order valence-corrected chi connectivity index (χ2v) is 21.5. The van der Waals surface area contributed by atoms with E-state index in [0.29, 0.717) is 0 Å². The predicted molar refractivity (Wildman–Crippen MR) is 102 cm³/mol. The zero-order valence-corrected chi connectivity index (χ0v) is 19.7. The van der Waals surface area contributed by atoms with Gasteiger partial charge < -0.3 is 12.3 Å². The average molecular weight is 364 g/mol. The van der Waals surface area contributed by atoms with Gasteiger partial charge in [0.05, 0.1) is 0 Å². The van der Waals surface area contributed by atoms with Crippen LogP contribution in [0.1, 0.15) is 26.7 Å². The van der Waals surface area contributed by atoms with Crippen molar-refractivity contribution in [1.29, 1.82) is 0 Å². The van der Waals surface area contributed by atoms with Gasteiger partial charge in [0.15, 0.2) is 8.32 Å². The van der Waals surface area contributed by atoms with Crippen LogP contribution in [-0.4, -0.2) is 34.5 Å². The molecule has 0 aliphatic rings. The van der Waals surface area contributed by atoms with Crippen LogP contribution in [0.25, 0.3) is 0 Å². The first-order chi connectivity index (χ1) is 9.33. The quantitative estimate of drug-likeness (QED) is 0.528. The maximum Gasteiger partial charge on any atom is 0.360 e. The van der Waals surface area contributed by atoms with Crippen molar-refractivity contribution in [3.8, 4) is 0 Å². The maximum absolute atomic E-state index is 6.56. The molecular formula is C14H35O3Si4. The zero-order valence-electron chi connectivity index (χ0n) is 15.7. The Morgan fingerprint density at radius 2 is 1.52 bits per heavy atom. The van der Waals surface area contributed by atoms with Crippen LogP contribution in [0.15, 0.2) is 11.3 Å². The third-order valence-electron chi connectivity index (χ3n) is 2.98. The fourth-order valence-electron chi connectivity index (χ4n) is 2.56. The fraction of sp³-hybridized carbons (Fsp3) is 0.857. The fourth-order valence-corrected chi connectivity index (χ4v) is 16.9. The van der Waals surface area contributed by atoms with E-state index in [-0.39, 0.29) is 0 Å². The van der Waals surface area contributed by atoms with Crippen molar-refractivity contribution < 1.29 is 12.3 Å². The summed E-state index contributed by atoms with van der Waals surface area (Å²) in [5, 5.41) is 1.49. The Labute approximate surface area is 137 Å². The molecule has 0 amide bonds. The molecular weight excluding hydrogens is 328 g/mol. The molecule has 3 nitrogen and oxygen atoms in total. The first-order valence-corrected chi connectivity index (χ1v) is 18.9. The van der Waals surface area contributed by atoms with Gasteiger partial charge in [-0.25, -0.2) is 0 Å². The summed E-state index contributed by atoms with van der Waals surface area (Å²) < 4.78 is 18.9. The molecule has 0 aliphatic carbocycles. The summed E-state index contributed by atoms with van der Waals surface area (Å²) in [5.74, 6) is 0. The van der Waals surface area contributed by atoms with Crippen LogP contribution in [0.2, 0.25) is 52.4 Å². The topological polar surface area (TPSA) is 27.7 Å². The molecule has 0 spiro atoms. The normalized spacial score (nSPS) is 14.9. The van der Waals surface area contributed by atoms with Crippen molar-refractivity contribution in [2.75, 3.05) is 0 Å². The van der Waals surface area contributed by atoms with Crippen LogP contribution >= 0.6 is 0 Å². The first kappa shape index (κ1) is 21.5. The van der Waals surface area contributed by atoms with Crippen molar-refractivity contribution >= 4 is 34.5 Å². The lowest BCUT2D eigenvalue weighted by molar-refractivity contribution is 0.352. The monoisotopic (exact) mass is 363 g/mol. The molecule has 7 heteroatoms. The molecule has 21 heavy (non-hydrogen) atoms. The molecule has 0 aliphatic heterocycles. The van der Waals surface area contributed by atoms with Crippen molar-refractivity contribution in [3.63, 3.8) is 0 Å². The second-order valence-electron chi connectivity index (χ2n) is 7.38. The molecule has 0 bridgehead atoms. The summed E-state index contributed by atoms with van der Waals surface area (Å²) in [6.45, 7) is 22.0. The Balaban J connectivity index is 4.78. The largest absolute Gasteiger partial charge is 0.436 e. The van der Waals surface area contributed by atoms with Crippen molar-refractivity contribution in [2.24, 2.45) is 0 Å². The van der Waals surface area contributed by atoms with Gasteiger partial charge in [0.25, 0.3) is 0 Å². The van der Waals surface area contributed by atoms with Gasteiger partial charge in [0.1, 0.15) is 0 Å². The minimum absolute atomic E-state index is 1.13. The van der Waals surface area contributed by atoms with Crippen LogP contribution in [0, 0.1) is 0 Å². The molecule has 0 unspecified atom stereocenters.